The van der Waals surface area contributed by atoms with Crippen LogP contribution in [0.2, 0.25) is 0 Å². The molecule has 1 aliphatic heterocycles. The van der Waals surface area contributed by atoms with Crippen molar-refractivity contribution in [3.05, 3.63) is 17.5 Å². The van der Waals surface area contributed by atoms with Crippen LogP contribution in [0.5, 0.6) is 0 Å². The van der Waals surface area contributed by atoms with Gasteiger partial charge in [-0.25, -0.2) is 0 Å². The van der Waals surface area contributed by atoms with E-state index < -0.39 is 0 Å². The van der Waals surface area contributed by atoms with Crippen LogP contribution in [0.25, 0.3) is 0 Å². The summed E-state index contributed by atoms with van der Waals surface area (Å²) in [5.74, 6) is 1.26. The molecule has 0 aliphatic carbocycles. The number of ether oxygens (including phenoxy) is 2. The van der Waals surface area contributed by atoms with E-state index >= 15 is 0 Å². The Morgan fingerprint density at radius 3 is 2.22 bits per heavy atom. The minimum absolute atomic E-state index is 0. The van der Waals surface area contributed by atoms with Gasteiger partial charge in [0.05, 0.1) is 5.60 Å². The molecular formula is C17H32BNO3U-. The topological polar surface area (TPSA) is 30.9 Å². The standard InChI is InChI=1S/C17H32BNO3.U/c1-13(2)17(6,7)22-18-14-9-11-19(12-10-14)15(20-8)21-16(3,4)5;/h9,15H,10-12H2,1-8H3;/q-1;. The Morgan fingerprint density at radius 2 is 1.83 bits per heavy atom. The summed E-state index contributed by atoms with van der Waals surface area (Å²) >= 11 is 0. The summed E-state index contributed by atoms with van der Waals surface area (Å²) in [6.07, 6.45) is 2.82. The number of hydrogen-bond donors (Lipinski definition) is 0. The molecule has 1 aliphatic rings. The van der Waals surface area contributed by atoms with Gasteiger partial charge in [0.15, 0.2) is 0 Å². The Labute approximate surface area is 167 Å². The van der Waals surface area contributed by atoms with Gasteiger partial charge in [-0.15, -0.1) is 0 Å². The third-order valence-corrected chi connectivity index (χ3v) is 3.94. The minimum Gasteiger partial charge on any atom is -0.460 e. The van der Waals surface area contributed by atoms with Crippen LogP contribution in [0.3, 0.4) is 0 Å². The van der Waals surface area contributed by atoms with Gasteiger partial charge in [0.2, 0.25) is 6.41 Å². The van der Waals surface area contributed by atoms with Crippen molar-refractivity contribution in [3.63, 3.8) is 0 Å². The van der Waals surface area contributed by atoms with E-state index in [2.05, 4.69) is 38.7 Å². The van der Waals surface area contributed by atoms with Crippen molar-refractivity contribution >= 4 is 7.48 Å². The zero-order valence-electron chi connectivity index (χ0n) is 16.0. The number of hydrogen-bond acceptors (Lipinski definition) is 4. The minimum atomic E-state index is -0.304. The molecule has 1 atom stereocenters. The normalized spacial score (nSPS) is 18.4. The van der Waals surface area contributed by atoms with E-state index in [0.717, 1.165) is 19.5 Å². The summed E-state index contributed by atoms with van der Waals surface area (Å²) in [6.45, 7) is 16.2. The zero-order chi connectivity index (χ0) is 17.0. The second kappa shape index (κ2) is 9.99. The molecule has 23 heavy (non-hydrogen) atoms. The molecule has 1 heterocycles. The van der Waals surface area contributed by atoms with Crippen molar-refractivity contribution in [1.82, 2.24) is 4.90 Å². The van der Waals surface area contributed by atoms with Crippen molar-refractivity contribution in [2.75, 3.05) is 20.2 Å². The van der Waals surface area contributed by atoms with Gasteiger partial charge in [-0.1, -0.05) is 31.0 Å². The van der Waals surface area contributed by atoms with Crippen LogP contribution >= 0.6 is 0 Å². The maximum Gasteiger partial charge on any atom is 0.322 e. The summed E-state index contributed by atoms with van der Waals surface area (Å²) in [6, 6.07) is 0. The van der Waals surface area contributed by atoms with E-state index in [0.29, 0.717) is 0 Å². The molecule has 131 valence electrons. The molecule has 0 aromatic rings. The third kappa shape index (κ3) is 8.56. The molecule has 0 saturated carbocycles. The van der Waals surface area contributed by atoms with Crippen LogP contribution in [0, 0.1) is 37.0 Å². The number of nitrogens with zero attached hydrogens (tertiary/aromatic N) is 1. The summed E-state index contributed by atoms with van der Waals surface area (Å²) < 4.78 is 17.3. The maximum atomic E-state index is 5.94. The Kier molecular flexibility index (Phi) is 10.3. The molecule has 1 unspecified atom stereocenters. The molecule has 0 aromatic heterocycles. The van der Waals surface area contributed by atoms with E-state index in [9.17, 15) is 0 Å². The van der Waals surface area contributed by atoms with Crippen molar-refractivity contribution in [2.24, 2.45) is 0 Å². The molecular weight excluding hydrogens is 515 g/mol. The molecule has 4 nitrogen and oxygen atoms in total. The van der Waals surface area contributed by atoms with E-state index in [1.807, 2.05) is 28.3 Å². The van der Waals surface area contributed by atoms with Crippen molar-refractivity contribution in [1.29, 1.82) is 0 Å². The van der Waals surface area contributed by atoms with Crippen LogP contribution in [0.4, 0.5) is 0 Å². The summed E-state index contributed by atoms with van der Waals surface area (Å²) in [5, 5.41) is 0. The second-order valence-electron chi connectivity index (χ2n) is 7.54. The van der Waals surface area contributed by atoms with Crippen LogP contribution in [0.1, 0.15) is 54.9 Å². The number of methoxy groups -OCH3 is 1. The van der Waals surface area contributed by atoms with Crippen LogP contribution < -0.4 is 0 Å². The average Bonchev–Trinajstić information content (AvgIpc) is 2.42. The molecule has 0 amide bonds. The van der Waals surface area contributed by atoms with Crippen molar-refractivity contribution in [3.8, 4) is 0 Å². The molecule has 0 fully saturated rings. The van der Waals surface area contributed by atoms with Gasteiger partial charge in [0.25, 0.3) is 0 Å². The van der Waals surface area contributed by atoms with Gasteiger partial charge in [-0.05, 0) is 27.2 Å². The van der Waals surface area contributed by atoms with Crippen molar-refractivity contribution in [2.45, 2.75) is 72.5 Å². The van der Waals surface area contributed by atoms with E-state index in [1.54, 1.807) is 7.11 Å². The van der Waals surface area contributed by atoms with Crippen LogP contribution in [0.15, 0.2) is 11.5 Å². The van der Waals surface area contributed by atoms with E-state index in [-0.39, 0.29) is 48.7 Å². The summed E-state index contributed by atoms with van der Waals surface area (Å²) in [5.41, 5.74) is 0.789. The first-order valence-electron chi connectivity index (χ1n) is 8.00. The smallest absolute Gasteiger partial charge is 0.322 e. The first kappa shape index (κ1) is 23.7. The Morgan fingerprint density at radius 1 is 1.22 bits per heavy atom. The zero-order valence-corrected chi connectivity index (χ0v) is 20.2. The maximum absolute atomic E-state index is 5.94. The van der Waals surface area contributed by atoms with E-state index in [1.165, 1.54) is 11.4 Å². The second-order valence-corrected chi connectivity index (χ2v) is 7.54. The predicted octanol–water partition coefficient (Wildman–Crippen LogP) is 3.35. The first-order chi connectivity index (χ1) is 10.0. The fourth-order valence-corrected chi connectivity index (χ4v) is 1.91. The van der Waals surface area contributed by atoms with Gasteiger partial charge in [0.1, 0.15) is 0 Å². The fraction of sp³-hybridized carbons (Fsp3) is 0.824. The first-order valence-corrected chi connectivity index (χ1v) is 8.00. The molecule has 0 aromatic carbocycles. The quantitative estimate of drug-likeness (QED) is 0.278. The monoisotopic (exact) mass is 547 g/mol. The van der Waals surface area contributed by atoms with Crippen molar-refractivity contribution < 1.29 is 45.2 Å². The molecule has 0 N–H and O–H groups in total. The number of rotatable bonds is 7. The molecule has 1 rings (SSSR count). The Bertz CT molecular complexity index is 381. The van der Waals surface area contributed by atoms with Crippen LogP contribution in [-0.2, 0) is 14.1 Å². The van der Waals surface area contributed by atoms with Crippen LogP contribution in [-0.4, -0.2) is 50.2 Å². The average molecular weight is 547 g/mol. The molecule has 6 heteroatoms. The molecule has 0 spiro atoms. The third-order valence-electron chi connectivity index (χ3n) is 3.94. The van der Waals surface area contributed by atoms with Gasteiger partial charge >= 0.3 is 7.48 Å². The van der Waals surface area contributed by atoms with Gasteiger partial charge in [-0.2, -0.15) is 13.8 Å². The summed E-state index contributed by atoms with van der Waals surface area (Å²) in [4.78, 5) is 2.19. The predicted molar refractivity (Wildman–Crippen MR) is 91.4 cm³/mol. The van der Waals surface area contributed by atoms with Gasteiger partial charge in [0, 0.05) is 51.3 Å². The Balaban J connectivity index is 0.00000484. The van der Waals surface area contributed by atoms with Gasteiger partial charge < -0.3 is 14.1 Å². The molecule has 0 bridgehead atoms. The fourth-order valence-electron chi connectivity index (χ4n) is 1.91. The molecule has 0 saturated heterocycles. The molecule has 1 radical (unpaired) electrons. The van der Waals surface area contributed by atoms with Gasteiger partial charge in [-0.3, -0.25) is 10.8 Å². The summed E-state index contributed by atoms with van der Waals surface area (Å²) in [7, 11) is 3.59. The Hall–Kier alpha value is 0.697. The van der Waals surface area contributed by atoms with E-state index in [4.69, 9.17) is 14.1 Å². The SMILES string of the molecule is COC(OC(C)(C)C)N1CC=C([B]OC(C)(C)[C-](C)C)CC1.[U]. The largest absolute Gasteiger partial charge is 0.460 e.